The Labute approximate surface area is 146 Å². The molecule has 6 nitrogen and oxygen atoms in total. The predicted octanol–water partition coefficient (Wildman–Crippen LogP) is 1.95. The number of carbonyl (C=O) groups excluding carboxylic acids is 1. The SMILES string of the molecule is CSC(C)(C)[C@H](N)C(=O)N1CCN(c2nc3ccccc3o2)CC1. The van der Waals surface area contributed by atoms with Gasteiger partial charge in [0.15, 0.2) is 5.58 Å². The van der Waals surface area contributed by atoms with Crippen LogP contribution in [-0.2, 0) is 4.79 Å². The van der Waals surface area contributed by atoms with Crippen molar-refractivity contribution < 1.29 is 9.21 Å². The lowest BCUT2D eigenvalue weighted by atomic mass is 10.0. The zero-order valence-electron chi connectivity index (χ0n) is 14.4. The number of carbonyl (C=O) groups is 1. The number of amides is 1. The summed E-state index contributed by atoms with van der Waals surface area (Å²) in [5, 5.41) is 0. The maximum atomic E-state index is 12.6. The first kappa shape index (κ1) is 17.1. The highest BCUT2D eigenvalue weighted by atomic mass is 32.2. The molecule has 1 atom stereocenters. The van der Waals surface area contributed by atoms with E-state index in [4.69, 9.17) is 10.2 Å². The van der Waals surface area contributed by atoms with E-state index in [1.165, 1.54) is 0 Å². The fourth-order valence-electron chi connectivity index (χ4n) is 2.73. The molecular weight excluding hydrogens is 324 g/mol. The topological polar surface area (TPSA) is 75.6 Å². The summed E-state index contributed by atoms with van der Waals surface area (Å²) in [4.78, 5) is 21.1. The quantitative estimate of drug-likeness (QED) is 0.910. The van der Waals surface area contributed by atoms with Gasteiger partial charge in [-0.2, -0.15) is 16.7 Å². The van der Waals surface area contributed by atoms with Crippen LogP contribution in [0, 0.1) is 0 Å². The molecule has 1 amide bonds. The zero-order chi connectivity index (χ0) is 17.3. The van der Waals surface area contributed by atoms with E-state index in [1.54, 1.807) is 11.8 Å². The molecule has 1 fully saturated rings. The summed E-state index contributed by atoms with van der Waals surface area (Å²) in [6.07, 6.45) is 1.98. The first-order valence-corrected chi connectivity index (χ1v) is 9.35. The molecule has 0 radical (unpaired) electrons. The predicted molar refractivity (Wildman–Crippen MR) is 98.4 cm³/mol. The summed E-state index contributed by atoms with van der Waals surface area (Å²) in [5.41, 5.74) is 7.82. The number of anilines is 1. The fraction of sp³-hybridized carbons (Fsp3) is 0.529. The second-order valence-corrected chi connectivity index (χ2v) is 8.02. The number of nitrogens with two attached hydrogens (primary N) is 1. The summed E-state index contributed by atoms with van der Waals surface area (Å²) in [7, 11) is 0. The average Bonchev–Trinajstić information content (AvgIpc) is 3.04. The van der Waals surface area contributed by atoms with E-state index < -0.39 is 6.04 Å². The summed E-state index contributed by atoms with van der Waals surface area (Å²) in [5.74, 6) is 0.0200. The highest BCUT2D eigenvalue weighted by molar-refractivity contribution is 8.00. The van der Waals surface area contributed by atoms with Crippen LogP contribution in [-0.4, -0.2) is 59.0 Å². The Bertz CT molecular complexity index is 689. The number of hydrogen-bond donors (Lipinski definition) is 1. The summed E-state index contributed by atoms with van der Waals surface area (Å²) in [6.45, 7) is 6.69. The van der Waals surface area contributed by atoms with Crippen LogP contribution >= 0.6 is 11.8 Å². The Morgan fingerprint density at radius 2 is 1.96 bits per heavy atom. The molecule has 0 aliphatic carbocycles. The standard InChI is InChI=1S/C17H24N4O2S/c1-17(2,24-3)14(18)15(22)20-8-10-21(11-9-20)16-19-12-6-4-5-7-13(12)23-16/h4-7,14H,8-11,18H2,1-3H3/t14-/m1/s1. The third-order valence-electron chi connectivity index (χ3n) is 4.69. The van der Waals surface area contributed by atoms with Gasteiger partial charge in [-0.05, 0) is 32.2 Å². The van der Waals surface area contributed by atoms with E-state index >= 15 is 0 Å². The van der Waals surface area contributed by atoms with E-state index in [0.717, 1.165) is 11.1 Å². The summed E-state index contributed by atoms with van der Waals surface area (Å²) < 4.78 is 5.54. The Balaban J connectivity index is 1.64. The number of fused-ring (bicyclic) bond motifs is 1. The maximum Gasteiger partial charge on any atom is 0.298 e. The van der Waals surface area contributed by atoms with Crippen molar-refractivity contribution in [1.82, 2.24) is 9.88 Å². The van der Waals surface area contributed by atoms with Crippen molar-refractivity contribution in [1.29, 1.82) is 0 Å². The van der Waals surface area contributed by atoms with Crippen LogP contribution in [0.4, 0.5) is 6.01 Å². The van der Waals surface area contributed by atoms with Crippen LogP contribution in [0.3, 0.4) is 0 Å². The van der Waals surface area contributed by atoms with Gasteiger partial charge in [-0.3, -0.25) is 4.79 Å². The maximum absolute atomic E-state index is 12.6. The Kier molecular flexibility index (Phi) is 4.73. The highest BCUT2D eigenvalue weighted by Gasteiger charge is 2.35. The molecule has 1 aromatic heterocycles. The van der Waals surface area contributed by atoms with E-state index in [1.807, 2.05) is 49.3 Å². The number of aromatic nitrogens is 1. The summed E-state index contributed by atoms with van der Waals surface area (Å²) >= 11 is 1.62. The van der Waals surface area contributed by atoms with Crippen LogP contribution in [0.15, 0.2) is 28.7 Å². The molecule has 0 saturated carbocycles. The van der Waals surface area contributed by atoms with Crippen LogP contribution in [0.25, 0.3) is 11.1 Å². The first-order valence-electron chi connectivity index (χ1n) is 8.12. The van der Waals surface area contributed by atoms with Crippen molar-refractivity contribution in [3.63, 3.8) is 0 Å². The second-order valence-electron chi connectivity index (χ2n) is 6.56. The van der Waals surface area contributed by atoms with Gasteiger partial charge in [0.25, 0.3) is 6.01 Å². The first-order chi connectivity index (χ1) is 11.4. The van der Waals surface area contributed by atoms with Crippen molar-refractivity contribution >= 4 is 34.8 Å². The molecule has 7 heteroatoms. The molecule has 2 aromatic rings. The smallest absolute Gasteiger partial charge is 0.298 e. The Morgan fingerprint density at radius 1 is 1.29 bits per heavy atom. The number of para-hydroxylation sites is 2. The number of benzene rings is 1. The lowest BCUT2D eigenvalue weighted by Crippen LogP contribution is -2.57. The van der Waals surface area contributed by atoms with E-state index in [0.29, 0.717) is 32.2 Å². The van der Waals surface area contributed by atoms with Gasteiger partial charge in [-0.15, -0.1) is 0 Å². The van der Waals surface area contributed by atoms with Crippen molar-refractivity contribution in [3.8, 4) is 0 Å². The van der Waals surface area contributed by atoms with Crippen LogP contribution in [0.1, 0.15) is 13.8 Å². The number of oxazole rings is 1. The fourth-order valence-corrected chi connectivity index (χ4v) is 3.09. The van der Waals surface area contributed by atoms with Gasteiger partial charge in [0.1, 0.15) is 5.52 Å². The van der Waals surface area contributed by atoms with Crippen molar-refractivity contribution in [2.75, 3.05) is 37.3 Å². The molecular formula is C17H24N4O2S. The van der Waals surface area contributed by atoms with E-state index in [2.05, 4.69) is 9.88 Å². The second kappa shape index (κ2) is 6.64. The largest absolute Gasteiger partial charge is 0.423 e. The molecule has 1 aliphatic heterocycles. The third kappa shape index (κ3) is 3.23. The van der Waals surface area contributed by atoms with Gasteiger partial charge in [0, 0.05) is 30.9 Å². The number of piperazine rings is 1. The molecule has 24 heavy (non-hydrogen) atoms. The molecule has 130 valence electrons. The minimum Gasteiger partial charge on any atom is -0.423 e. The van der Waals surface area contributed by atoms with Gasteiger partial charge < -0.3 is 20.0 Å². The number of rotatable bonds is 4. The Morgan fingerprint density at radius 3 is 2.58 bits per heavy atom. The highest BCUT2D eigenvalue weighted by Crippen LogP contribution is 2.26. The van der Waals surface area contributed by atoms with Gasteiger partial charge in [-0.1, -0.05) is 12.1 Å². The Hall–Kier alpha value is -1.73. The van der Waals surface area contributed by atoms with Gasteiger partial charge in [0.05, 0.1) is 6.04 Å². The molecule has 1 aliphatic rings. The summed E-state index contributed by atoms with van der Waals surface area (Å²) in [6, 6.07) is 7.85. The minimum atomic E-state index is -0.497. The lowest BCUT2D eigenvalue weighted by Gasteiger charge is -2.38. The number of nitrogens with zero attached hydrogens (tertiary/aromatic N) is 3. The van der Waals surface area contributed by atoms with Crippen molar-refractivity contribution in [2.24, 2.45) is 5.73 Å². The number of hydrogen-bond acceptors (Lipinski definition) is 6. The van der Waals surface area contributed by atoms with Crippen LogP contribution in [0.5, 0.6) is 0 Å². The van der Waals surface area contributed by atoms with Gasteiger partial charge >= 0.3 is 0 Å². The molecule has 0 spiro atoms. The van der Waals surface area contributed by atoms with E-state index in [-0.39, 0.29) is 10.7 Å². The monoisotopic (exact) mass is 348 g/mol. The van der Waals surface area contributed by atoms with E-state index in [9.17, 15) is 4.79 Å². The molecule has 1 saturated heterocycles. The normalized spacial score (nSPS) is 17.3. The molecule has 2 N–H and O–H groups in total. The lowest BCUT2D eigenvalue weighted by molar-refractivity contribution is -0.133. The van der Waals surface area contributed by atoms with Crippen LogP contribution < -0.4 is 10.6 Å². The third-order valence-corrected chi connectivity index (χ3v) is 5.99. The van der Waals surface area contributed by atoms with Gasteiger partial charge in [-0.25, -0.2) is 0 Å². The van der Waals surface area contributed by atoms with Crippen molar-refractivity contribution in [2.45, 2.75) is 24.6 Å². The molecule has 3 rings (SSSR count). The molecule has 0 bridgehead atoms. The van der Waals surface area contributed by atoms with Crippen molar-refractivity contribution in [3.05, 3.63) is 24.3 Å². The van der Waals surface area contributed by atoms with Gasteiger partial charge in [0.2, 0.25) is 5.91 Å². The molecule has 0 unspecified atom stereocenters. The minimum absolute atomic E-state index is 0.0200. The number of thioether (sulfide) groups is 1. The average molecular weight is 348 g/mol. The van der Waals surface area contributed by atoms with Crippen LogP contribution in [0.2, 0.25) is 0 Å². The molecule has 1 aromatic carbocycles. The molecule has 2 heterocycles. The zero-order valence-corrected chi connectivity index (χ0v) is 15.2.